The van der Waals surface area contributed by atoms with Crippen molar-refractivity contribution in [3.8, 4) is 0 Å². The van der Waals surface area contributed by atoms with Crippen LogP contribution < -0.4 is 5.32 Å². The predicted molar refractivity (Wildman–Crippen MR) is 78.3 cm³/mol. The van der Waals surface area contributed by atoms with E-state index in [-0.39, 0.29) is 23.0 Å². The molecule has 0 heterocycles. The number of rotatable bonds is 8. The second kappa shape index (κ2) is 8.51. The van der Waals surface area contributed by atoms with Gasteiger partial charge in [-0.05, 0) is 44.9 Å². The summed E-state index contributed by atoms with van der Waals surface area (Å²) in [4.78, 5) is 0. The first-order valence-electron chi connectivity index (χ1n) is 6.82. The highest BCUT2D eigenvalue weighted by atomic mass is 35.5. The third-order valence-corrected chi connectivity index (χ3v) is 3.23. The van der Waals surface area contributed by atoms with Gasteiger partial charge in [0.15, 0.2) is 0 Å². The van der Waals surface area contributed by atoms with E-state index in [9.17, 15) is 4.39 Å². The van der Waals surface area contributed by atoms with E-state index in [0.717, 1.165) is 18.5 Å². The van der Waals surface area contributed by atoms with Crippen molar-refractivity contribution < 1.29 is 9.13 Å². The van der Waals surface area contributed by atoms with Crippen LogP contribution in [0.15, 0.2) is 18.2 Å². The van der Waals surface area contributed by atoms with Crippen molar-refractivity contribution in [2.75, 3.05) is 13.2 Å². The highest BCUT2D eigenvalue weighted by molar-refractivity contribution is 6.31. The normalized spacial score (nSPS) is 12.9. The third kappa shape index (κ3) is 5.89. The zero-order valence-electron chi connectivity index (χ0n) is 11.9. The minimum Gasteiger partial charge on any atom is -0.377 e. The Balaban J connectivity index is 2.66. The highest BCUT2D eigenvalue weighted by Crippen LogP contribution is 2.21. The maximum absolute atomic E-state index is 13.4. The summed E-state index contributed by atoms with van der Waals surface area (Å²) in [6, 6.07) is 5.09. The number of hydrogen-bond donors (Lipinski definition) is 1. The molecule has 1 aromatic rings. The molecule has 0 aliphatic rings. The molecule has 0 fully saturated rings. The van der Waals surface area contributed by atoms with Crippen molar-refractivity contribution >= 4 is 11.6 Å². The summed E-state index contributed by atoms with van der Waals surface area (Å²) >= 11 is 5.99. The van der Waals surface area contributed by atoms with Crippen LogP contribution in [0.25, 0.3) is 0 Å². The maximum Gasteiger partial charge on any atom is 0.142 e. The van der Waals surface area contributed by atoms with Gasteiger partial charge < -0.3 is 10.1 Å². The monoisotopic (exact) mass is 287 g/mol. The summed E-state index contributed by atoms with van der Waals surface area (Å²) in [5, 5.41) is 3.63. The highest BCUT2D eigenvalue weighted by Gasteiger charge is 2.14. The Morgan fingerprint density at radius 3 is 2.74 bits per heavy atom. The maximum atomic E-state index is 13.4. The lowest BCUT2D eigenvalue weighted by Gasteiger charge is -2.20. The van der Waals surface area contributed by atoms with Crippen LogP contribution in [0, 0.1) is 5.82 Å². The molecule has 0 saturated carbocycles. The first-order chi connectivity index (χ1) is 9.04. The van der Waals surface area contributed by atoms with E-state index < -0.39 is 0 Å². The van der Waals surface area contributed by atoms with E-state index in [0.29, 0.717) is 13.0 Å². The lowest BCUT2D eigenvalue weighted by atomic mass is 10.1. The van der Waals surface area contributed by atoms with Gasteiger partial charge in [-0.25, -0.2) is 4.39 Å². The van der Waals surface area contributed by atoms with E-state index in [1.54, 1.807) is 6.07 Å². The average molecular weight is 288 g/mol. The average Bonchev–Trinajstić information content (AvgIpc) is 2.37. The van der Waals surface area contributed by atoms with Crippen molar-refractivity contribution in [2.24, 2.45) is 0 Å². The second-order valence-corrected chi connectivity index (χ2v) is 5.33. The van der Waals surface area contributed by atoms with Crippen LogP contribution in [0.1, 0.15) is 32.8 Å². The van der Waals surface area contributed by atoms with Crippen molar-refractivity contribution in [1.82, 2.24) is 5.32 Å². The zero-order chi connectivity index (χ0) is 14.3. The van der Waals surface area contributed by atoms with E-state index in [1.807, 2.05) is 19.9 Å². The number of halogens is 2. The third-order valence-electron chi connectivity index (χ3n) is 2.81. The molecule has 19 heavy (non-hydrogen) atoms. The molecule has 0 aromatic heterocycles. The quantitative estimate of drug-likeness (QED) is 0.785. The van der Waals surface area contributed by atoms with Gasteiger partial charge in [0.25, 0.3) is 0 Å². The minimum atomic E-state index is -0.363. The second-order valence-electron chi connectivity index (χ2n) is 4.95. The van der Waals surface area contributed by atoms with Crippen molar-refractivity contribution in [2.45, 2.75) is 45.8 Å². The molecule has 1 N–H and O–H groups in total. The molecule has 108 valence electrons. The molecule has 0 saturated heterocycles. The summed E-state index contributed by atoms with van der Waals surface area (Å²) in [6.45, 7) is 7.64. The smallest absolute Gasteiger partial charge is 0.142 e. The molecule has 1 unspecified atom stereocenters. The number of nitrogens with one attached hydrogen (secondary N) is 1. The van der Waals surface area contributed by atoms with Crippen LogP contribution in [-0.2, 0) is 11.2 Å². The Bertz CT molecular complexity index is 384. The molecule has 0 aliphatic heterocycles. The standard InChI is InChI=1S/C15H23ClFNO/c1-4-8-18-13(10-19-11(2)3)9-12-6-5-7-14(17)15(12)16/h5-7,11,13,18H,4,8-10H2,1-3H3. The number of hydrogen-bond acceptors (Lipinski definition) is 2. The minimum absolute atomic E-state index is 0.154. The van der Waals surface area contributed by atoms with Crippen LogP contribution in [-0.4, -0.2) is 25.3 Å². The van der Waals surface area contributed by atoms with Crippen molar-refractivity contribution in [3.63, 3.8) is 0 Å². The molecule has 0 spiro atoms. The Morgan fingerprint density at radius 1 is 1.37 bits per heavy atom. The van der Waals surface area contributed by atoms with Crippen LogP contribution in [0.4, 0.5) is 4.39 Å². The Kier molecular flexibility index (Phi) is 7.36. The largest absolute Gasteiger partial charge is 0.377 e. The molecule has 0 aliphatic carbocycles. The van der Waals surface area contributed by atoms with Crippen LogP contribution in [0.2, 0.25) is 5.02 Å². The summed E-state index contributed by atoms with van der Waals surface area (Å²) < 4.78 is 19.1. The molecule has 2 nitrogen and oxygen atoms in total. The topological polar surface area (TPSA) is 21.3 Å². The molecular weight excluding hydrogens is 265 g/mol. The van der Waals surface area contributed by atoms with Gasteiger partial charge >= 0.3 is 0 Å². The molecule has 0 amide bonds. The van der Waals surface area contributed by atoms with E-state index in [4.69, 9.17) is 16.3 Å². The molecule has 1 rings (SSSR count). The van der Waals surface area contributed by atoms with Gasteiger partial charge in [0.05, 0.1) is 17.7 Å². The molecule has 0 radical (unpaired) electrons. The van der Waals surface area contributed by atoms with Crippen LogP contribution >= 0.6 is 11.6 Å². The van der Waals surface area contributed by atoms with E-state index in [1.165, 1.54) is 6.07 Å². The summed E-state index contributed by atoms with van der Waals surface area (Å²) in [6.07, 6.45) is 1.91. The lowest BCUT2D eigenvalue weighted by molar-refractivity contribution is 0.0613. The van der Waals surface area contributed by atoms with E-state index >= 15 is 0 Å². The molecule has 1 atom stereocenters. The van der Waals surface area contributed by atoms with E-state index in [2.05, 4.69) is 12.2 Å². The zero-order valence-corrected chi connectivity index (χ0v) is 12.6. The van der Waals surface area contributed by atoms with Gasteiger partial charge in [0.1, 0.15) is 5.82 Å². The first kappa shape index (κ1) is 16.4. The lowest BCUT2D eigenvalue weighted by Crippen LogP contribution is -2.36. The molecular formula is C15H23ClFNO. The van der Waals surface area contributed by atoms with Crippen LogP contribution in [0.5, 0.6) is 0 Å². The fraction of sp³-hybridized carbons (Fsp3) is 0.600. The Labute approximate surface area is 120 Å². The Hall–Kier alpha value is -0.640. The van der Waals surface area contributed by atoms with Gasteiger partial charge in [0, 0.05) is 6.04 Å². The number of benzene rings is 1. The van der Waals surface area contributed by atoms with Crippen molar-refractivity contribution in [1.29, 1.82) is 0 Å². The van der Waals surface area contributed by atoms with Gasteiger partial charge in [-0.15, -0.1) is 0 Å². The van der Waals surface area contributed by atoms with Gasteiger partial charge in [-0.2, -0.15) is 0 Å². The fourth-order valence-corrected chi connectivity index (χ4v) is 2.02. The summed E-state index contributed by atoms with van der Waals surface area (Å²) in [7, 11) is 0. The Morgan fingerprint density at radius 2 is 2.11 bits per heavy atom. The molecule has 4 heteroatoms. The summed E-state index contributed by atoms with van der Waals surface area (Å²) in [5.41, 5.74) is 0.822. The van der Waals surface area contributed by atoms with Gasteiger partial charge in [-0.3, -0.25) is 0 Å². The van der Waals surface area contributed by atoms with Gasteiger partial charge in [-0.1, -0.05) is 30.7 Å². The van der Waals surface area contributed by atoms with Gasteiger partial charge in [0.2, 0.25) is 0 Å². The molecule has 0 bridgehead atoms. The predicted octanol–water partition coefficient (Wildman–Crippen LogP) is 3.81. The first-order valence-corrected chi connectivity index (χ1v) is 7.20. The number of ether oxygens (including phenoxy) is 1. The SMILES string of the molecule is CCCNC(COC(C)C)Cc1cccc(F)c1Cl. The molecule has 1 aromatic carbocycles. The summed E-state index contributed by atoms with van der Waals surface area (Å²) in [5.74, 6) is -0.363. The van der Waals surface area contributed by atoms with Crippen LogP contribution in [0.3, 0.4) is 0 Å². The fourth-order valence-electron chi connectivity index (χ4n) is 1.82. The van der Waals surface area contributed by atoms with Crippen molar-refractivity contribution in [3.05, 3.63) is 34.6 Å².